The Balaban J connectivity index is 1.74. The molecule has 10 heteroatoms. The van der Waals surface area contributed by atoms with Crippen LogP contribution in [-0.2, 0) is 11.0 Å². The van der Waals surface area contributed by atoms with E-state index >= 15 is 0 Å². The Morgan fingerprint density at radius 3 is 2.45 bits per heavy atom. The van der Waals surface area contributed by atoms with Crippen molar-refractivity contribution in [1.82, 2.24) is 15.3 Å². The van der Waals surface area contributed by atoms with E-state index in [0.717, 1.165) is 22.9 Å². The Kier molecular flexibility index (Phi) is 6.49. The molecule has 31 heavy (non-hydrogen) atoms. The number of nitrogens with one attached hydrogen (secondary N) is 2. The molecule has 0 bridgehead atoms. The zero-order valence-corrected chi connectivity index (χ0v) is 17.7. The largest absolute Gasteiger partial charge is 0.451 e. The molecule has 0 saturated carbocycles. The van der Waals surface area contributed by atoms with Crippen molar-refractivity contribution in [3.05, 3.63) is 59.4 Å². The number of anilines is 1. The summed E-state index contributed by atoms with van der Waals surface area (Å²) in [6, 6.07) is 10.9. The maximum atomic E-state index is 13.2. The fourth-order valence-corrected chi connectivity index (χ4v) is 3.75. The average molecular weight is 448 g/mol. The van der Waals surface area contributed by atoms with Gasteiger partial charge in [0.15, 0.2) is 0 Å². The number of aryl methyl sites for hydroxylation is 2. The Labute approximate surface area is 180 Å². The summed E-state index contributed by atoms with van der Waals surface area (Å²) >= 11 is 0.822. The molecule has 0 aliphatic carbocycles. The number of hydrogen-bond donors (Lipinski definition) is 2. The predicted octanol–water partition coefficient (Wildman–Crippen LogP) is 5.09. The van der Waals surface area contributed by atoms with Crippen molar-refractivity contribution in [1.29, 1.82) is 0 Å². The quantitative estimate of drug-likeness (QED) is 0.429. The minimum atomic E-state index is -4.73. The van der Waals surface area contributed by atoms with Gasteiger partial charge in [0.1, 0.15) is 5.03 Å². The molecule has 3 aromatic rings. The average Bonchev–Trinajstić information content (AvgIpc) is 2.69. The number of benzene rings is 2. The van der Waals surface area contributed by atoms with E-state index in [4.69, 9.17) is 0 Å². The van der Waals surface area contributed by atoms with Gasteiger partial charge < -0.3 is 5.32 Å². The van der Waals surface area contributed by atoms with Crippen LogP contribution >= 0.6 is 11.8 Å². The third-order valence-electron chi connectivity index (χ3n) is 4.35. The third-order valence-corrected chi connectivity index (χ3v) is 5.45. The number of carbonyl (C=O) groups excluding carboxylic acids is 2. The van der Waals surface area contributed by atoms with Gasteiger partial charge in [-0.05, 0) is 38.5 Å². The number of aromatic nitrogens is 2. The van der Waals surface area contributed by atoms with Crippen LogP contribution < -0.4 is 10.6 Å². The zero-order chi connectivity index (χ0) is 22.8. The van der Waals surface area contributed by atoms with E-state index in [-0.39, 0.29) is 10.5 Å². The second-order valence-electron chi connectivity index (χ2n) is 6.89. The first kappa shape index (κ1) is 22.5. The summed E-state index contributed by atoms with van der Waals surface area (Å²) in [6.45, 7) is 5.22. The molecule has 3 amide bonds. The van der Waals surface area contributed by atoms with Gasteiger partial charge in [0, 0.05) is 11.1 Å². The number of nitrogens with zero attached hydrogens (tertiary/aromatic N) is 2. The fraction of sp³-hybridized carbons (Fsp3) is 0.238. The molecule has 3 rings (SSSR count). The van der Waals surface area contributed by atoms with Gasteiger partial charge in [0.25, 0.3) is 0 Å². The van der Waals surface area contributed by atoms with Gasteiger partial charge in [-0.2, -0.15) is 13.2 Å². The topological polar surface area (TPSA) is 84.0 Å². The standard InChI is InChI=1S/C21H19F3N4O2S/c1-11-8-9-15(12(2)10-11)26-20(30)27-17(29)13(3)31-18-14-6-4-5-7-16(14)25-19(28-18)21(22,23)24/h4-10,13H,1-3H3,(H2,26,27,29,30). The fourth-order valence-electron chi connectivity index (χ4n) is 2.81. The van der Waals surface area contributed by atoms with Crippen molar-refractivity contribution in [3.63, 3.8) is 0 Å². The predicted molar refractivity (Wildman–Crippen MR) is 113 cm³/mol. The van der Waals surface area contributed by atoms with E-state index < -0.39 is 29.2 Å². The third kappa shape index (κ3) is 5.52. The first-order valence-electron chi connectivity index (χ1n) is 9.24. The van der Waals surface area contributed by atoms with Crippen LogP contribution in [-0.4, -0.2) is 27.2 Å². The van der Waals surface area contributed by atoms with Gasteiger partial charge in [-0.25, -0.2) is 14.8 Å². The van der Waals surface area contributed by atoms with Gasteiger partial charge in [-0.3, -0.25) is 10.1 Å². The SMILES string of the molecule is Cc1ccc(NC(=O)NC(=O)C(C)Sc2nc(C(F)(F)F)nc3ccccc23)c(C)c1. The second kappa shape index (κ2) is 8.93. The summed E-state index contributed by atoms with van der Waals surface area (Å²) in [5.41, 5.74) is 2.53. The highest BCUT2D eigenvalue weighted by Crippen LogP contribution is 2.33. The minimum Gasteiger partial charge on any atom is -0.307 e. The highest BCUT2D eigenvalue weighted by atomic mass is 32.2. The van der Waals surface area contributed by atoms with Gasteiger partial charge in [0.05, 0.1) is 10.8 Å². The summed E-state index contributed by atoms with van der Waals surface area (Å²) in [7, 11) is 0. The molecule has 162 valence electrons. The molecule has 1 aromatic heterocycles. The lowest BCUT2D eigenvalue weighted by Gasteiger charge is -2.15. The summed E-state index contributed by atoms with van der Waals surface area (Å²) in [4.78, 5) is 31.8. The summed E-state index contributed by atoms with van der Waals surface area (Å²) in [5, 5.41) is 4.31. The summed E-state index contributed by atoms with van der Waals surface area (Å²) < 4.78 is 39.5. The summed E-state index contributed by atoms with van der Waals surface area (Å²) in [5.74, 6) is -1.95. The number of fused-ring (bicyclic) bond motifs is 1. The Morgan fingerprint density at radius 2 is 1.77 bits per heavy atom. The van der Waals surface area contributed by atoms with Crippen molar-refractivity contribution in [2.75, 3.05) is 5.32 Å². The first-order chi connectivity index (χ1) is 14.5. The maximum absolute atomic E-state index is 13.2. The first-order valence-corrected chi connectivity index (χ1v) is 10.1. The maximum Gasteiger partial charge on any atom is 0.451 e. The number of alkyl halides is 3. The van der Waals surface area contributed by atoms with E-state index in [1.807, 2.05) is 26.0 Å². The molecule has 0 spiro atoms. The van der Waals surface area contributed by atoms with Gasteiger partial charge in [0.2, 0.25) is 11.7 Å². The van der Waals surface area contributed by atoms with Gasteiger partial charge >= 0.3 is 12.2 Å². The number of imide groups is 1. The van der Waals surface area contributed by atoms with E-state index in [2.05, 4.69) is 20.6 Å². The van der Waals surface area contributed by atoms with E-state index in [0.29, 0.717) is 11.1 Å². The highest BCUT2D eigenvalue weighted by Gasteiger charge is 2.36. The number of hydrogen-bond acceptors (Lipinski definition) is 5. The minimum absolute atomic E-state index is 0.00959. The molecule has 0 saturated heterocycles. The smallest absolute Gasteiger partial charge is 0.307 e. The molecule has 6 nitrogen and oxygen atoms in total. The van der Waals surface area contributed by atoms with Crippen LogP contribution in [0, 0.1) is 13.8 Å². The van der Waals surface area contributed by atoms with Gasteiger partial charge in [-0.1, -0.05) is 47.7 Å². The van der Waals surface area contributed by atoms with Gasteiger partial charge in [-0.15, -0.1) is 0 Å². The molecule has 2 aromatic carbocycles. The lowest BCUT2D eigenvalue weighted by atomic mass is 10.1. The monoisotopic (exact) mass is 448 g/mol. The second-order valence-corrected chi connectivity index (χ2v) is 8.22. The number of rotatable bonds is 4. The van der Waals surface area contributed by atoms with Crippen LogP contribution in [0.25, 0.3) is 10.9 Å². The summed E-state index contributed by atoms with van der Waals surface area (Å²) in [6.07, 6.45) is -4.73. The van der Waals surface area contributed by atoms with E-state index in [9.17, 15) is 22.8 Å². The molecule has 0 aliphatic heterocycles. The number of thioether (sulfide) groups is 1. The molecule has 2 N–H and O–H groups in total. The van der Waals surface area contributed by atoms with E-state index in [1.54, 1.807) is 24.3 Å². The molecule has 1 unspecified atom stereocenters. The molecule has 1 heterocycles. The molecular weight excluding hydrogens is 429 g/mol. The van der Waals surface area contributed by atoms with Crippen LogP contribution in [0.4, 0.5) is 23.7 Å². The molecule has 0 aliphatic rings. The van der Waals surface area contributed by atoms with E-state index in [1.165, 1.54) is 13.0 Å². The zero-order valence-electron chi connectivity index (χ0n) is 16.9. The number of para-hydroxylation sites is 1. The van der Waals surface area contributed by atoms with Crippen LogP contribution in [0.1, 0.15) is 23.9 Å². The van der Waals surface area contributed by atoms with Crippen molar-refractivity contribution in [3.8, 4) is 0 Å². The Hall–Kier alpha value is -3.14. The molecule has 0 radical (unpaired) electrons. The van der Waals surface area contributed by atoms with Crippen molar-refractivity contribution in [2.45, 2.75) is 37.2 Å². The number of amides is 3. The van der Waals surface area contributed by atoms with Crippen LogP contribution in [0.15, 0.2) is 47.5 Å². The normalized spacial score (nSPS) is 12.5. The number of carbonyl (C=O) groups is 2. The molecule has 1 atom stereocenters. The lowest BCUT2D eigenvalue weighted by molar-refractivity contribution is -0.145. The molecule has 0 fully saturated rings. The van der Waals surface area contributed by atoms with Crippen molar-refractivity contribution in [2.24, 2.45) is 0 Å². The van der Waals surface area contributed by atoms with Crippen molar-refractivity contribution >= 4 is 40.3 Å². The molecular formula is C21H19F3N4O2S. The van der Waals surface area contributed by atoms with Crippen molar-refractivity contribution < 1.29 is 22.8 Å². The van der Waals surface area contributed by atoms with Crippen LogP contribution in [0.5, 0.6) is 0 Å². The Morgan fingerprint density at radius 1 is 1.06 bits per heavy atom. The lowest BCUT2D eigenvalue weighted by Crippen LogP contribution is -2.39. The highest BCUT2D eigenvalue weighted by molar-refractivity contribution is 8.00. The van der Waals surface area contributed by atoms with Crippen LogP contribution in [0.2, 0.25) is 0 Å². The van der Waals surface area contributed by atoms with Crippen LogP contribution in [0.3, 0.4) is 0 Å². The Bertz CT molecular complexity index is 1150. The number of urea groups is 1. The number of halogens is 3.